The van der Waals surface area contributed by atoms with Crippen molar-refractivity contribution in [2.75, 3.05) is 19.5 Å². The third kappa shape index (κ3) is 4.99. The number of furan rings is 1. The van der Waals surface area contributed by atoms with Crippen LogP contribution in [0.15, 0.2) is 56.3 Å². The quantitative estimate of drug-likeness (QED) is 0.313. The van der Waals surface area contributed by atoms with Crippen LogP contribution in [0.1, 0.15) is 37.7 Å². The first-order chi connectivity index (χ1) is 15.1. The Morgan fingerprint density at radius 1 is 0.969 bits per heavy atom. The van der Waals surface area contributed by atoms with Gasteiger partial charge in [0.25, 0.3) is 5.95 Å². The minimum Gasteiger partial charge on any atom is -0.494 e. The Hall–Kier alpha value is -2.38. The maximum absolute atomic E-state index is 6.10. The Balaban J connectivity index is 1.86. The number of halogens is 2. The van der Waals surface area contributed by atoms with Crippen molar-refractivity contribution in [3.63, 3.8) is 0 Å². The van der Waals surface area contributed by atoms with Gasteiger partial charge in [-0.25, -0.2) is 0 Å². The highest BCUT2D eigenvalue weighted by atomic mass is 79.9. The number of benzene rings is 2. The van der Waals surface area contributed by atoms with Crippen LogP contribution >= 0.6 is 31.9 Å². The molecule has 0 saturated heterocycles. The van der Waals surface area contributed by atoms with Crippen LogP contribution in [0, 0.1) is 6.92 Å². The minimum absolute atomic E-state index is 0.0528. The first-order valence-electron chi connectivity index (χ1n) is 10.0. The zero-order chi connectivity index (χ0) is 23.6. The summed E-state index contributed by atoms with van der Waals surface area (Å²) in [7, 11) is 3.21. The maximum atomic E-state index is 6.10. The van der Waals surface area contributed by atoms with E-state index in [1.54, 1.807) is 26.4 Å². The number of nitrogens with one attached hydrogen (secondary N) is 1. The summed E-state index contributed by atoms with van der Waals surface area (Å²) in [5, 5.41) is 3.22. The van der Waals surface area contributed by atoms with Crippen molar-refractivity contribution >= 4 is 43.2 Å². The lowest BCUT2D eigenvalue weighted by molar-refractivity contribution is 0.340. The third-order valence-corrected chi connectivity index (χ3v) is 7.00. The van der Waals surface area contributed by atoms with Gasteiger partial charge in [-0.15, -0.1) is 0 Å². The molecule has 3 rings (SSSR count). The van der Waals surface area contributed by atoms with Crippen molar-refractivity contribution in [2.45, 2.75) is 33.1 Å². The summed E-state index contributed by atoms with van der Waals surface area (Å²) < 4.78 is 24.8. The average Bonchev–Trinajstić information content (AvgIpc) is 3.22. The molecule has 0 saturated carbocycles. The van der Waals surface area contributed by atoms with Gasteiger partial charge in [-0.2, -0.15) is 0 Å². The van der Waals surface area contributed by atoms with E-state index in [1.807, 2.05) is 31.2 Å². The second-order valence-electron chi connectivity index (χ2n) is 8.29. The molecule has 2 aromatic carbocycles. The number of para-hydroxylation sites is 1. The lowest BCUT2D eigenvalue weighted by Gasteiger charge is -2.24. The summed E-state index contributed by atoms with van der Waals surface area (Å²) in [5.41, 5.74) is 3.37. The molecule has 7 heteroatoms. The predicted molar refractivity (Wildman–Crippen MR) is 136 cm³/mol. The molecule has 0 amide bonds. The fourth-order valence-corrected chi connectivity index (χ4v) is 4.76. The molecule has 0 spiro atoms. The van der Waals surface area contributed by atoms with Crippen molar-refractivity contribution < 1.29 is 18.6 Å². The molecule has 1 aromatic heterocycles. The predicted octanol–water partition coefficient (Wildman–Crippen LogP) is 8.30. The summed E-state index contributed by atoms with van der Waals surface area (Å²) in [4.78, 5) is 0. The smallest absolute Gasteiger partial charge is 0.290 e. The molecular formula is C25H27Br2NO4. The van der Waals surface area contributed by atoms with Crippen LogP contribution in [0.4, 0.5) is 5.69 Å². The van der Waals surface area contributed by atoms with Gasteiger partial charge in [-0.1, -0.05) is 49.3 Å². The standard InChI is InChI=1S/C25H27Br2NO4/c1-14-22(26)16(25(3,4)5)13-20(23(14)27)32-21-12-11-17(31-21)15(2)28-24-18(29-6)9-8-10-19(24)30-7/h8-13,28H,2H2,1,3-7H3. The Labute approximate surface area is 206 Å². The molecule has 0 aliphatic rings. The molecule has 0 fully saturated rings. The lowest BCUT2D eigenvalue weighted by atomic mass is 9.86. The lowest BCUT2D eigenvalue weighted by Crippen LogP contribution is -2.13. The van der Waals surface area contributed by atoms with Crippen molar-refractivity contribution in [3.05, 3.63) is 68.8 Å². The summed E-state index contributed by atoms with van der Waals surface area (Å²) in [6, 6.07) is 11.1. The third-order valence-electron chi connectivity index (χ3n) is 4.99. The van der Waals surface area contributed by atoms with E-state index in [2.05, 4.69) is 64.5 Å². The summed E-state index contributed by atoms with van der Waals surface area (Å²) in [6.07, 6.45) is 0. The first-order valence-corrected chi connectivity index (χ1v) is 11.6. The molecule has 32 heavy (non-hydrogen) atoms. The summed E-state index contributed by atoms with van der Waals surface area (Å²) >= 11 is 7.36. The highest BCUT2D eigenvalue weighted by Gasteiger charge is 2.23. The van der Waals surface area contributed by atoms with Gasteiger partial charge in [0, 0.05) is 10.5 Å². The van der Waals surface area contributed by atoms with Crippen LogP contribution in [-0.2, 0) is 5.41 Å². The Morgan fingerprint density at radius 3 is 2.16 bits per heavy atom. The van der Waals surface area contributed by atoms with E-state index in [9.17, 15) is 0 Å². The van der Waals surface area contributed by atoms with E-state index in [1.165, 1.54) is 0 Å². The molecule has 170 valence electrons. The van der Waals surface area contributed by atoms with Gasteiger partial charge in [0.2, 0.25) is 0 Å². The number of methoxy groups -OCH3 is 2. The highest BCUT2D eigenvalue weighted by molar-refractivity contribution is 9.11. The van der Waals surface area contributed by atoms with Gasteiger partial charge >= 0.3 is 0 Å². The molecule has 1 heterocycles. The number of hydrogen-bond acceptors (Lipinski definition) is 5. The molecule has 0 bridgehead atoms. The van der Waals surface area contributed by atoms with Crippen molar-refractivity contribution in [1.82, 2.24) is 0 Å². The molecular weight excluding hydrogens is 538 g/mol. The number of rotatable bonds is 7. The molecule has 0 unspecified atom stereocenters. The van der Waals surface area contributed by atoms with Crippen molar-refractivity contribution in [1.29, 1.82) is 0 Å². The van der Waals surface area contributed by atoms with E-state index >= 15 is 0 Å². The zero-order valence-electron chi connectivity index (χ0n) is 19.1. The van der Waals surface area contributed by atoms with E-state index in [0.717, 1.165) is 20.1 Å². The Morgan fingerprint density at radius 2 is 1.59 bits per heavy atom. The fraction of sp³-hybridized carbons (Fsp3) is 0.280. The molecule has 0 aliphatic heterocycles. The van der Waals surface area contributed by atoms with Crippen LogP contribution < -0.4 is 19.5 Å². The Kier molecular flexibility index (Phi) is 7.30. The van der Waals surface area contributed by atoms with Crippen molar-refractivity contribution in [3.8, 4) is 23.2 Å². The fourth-order valence-electron chi connectivity index (χ4n) is 3.19. The maximum Gasteiger partial charge on any atom is 0.290 e. The number of ether oxygens (including phenoxy) is 3. The first kappa shape index (κ1) is 24.3. The van der Waals surface area contributed by atoms with Gasteiger partial charge in [0.05, 0.1) is 24.4 Å². The van der Waals surface area contributed by atoms with E-state index in [0.29, 0.717) is 40.3 Å². The number of hydrogen-bond donors (Lipinski definition) is 1. The molecule has 1 N–H and O–H groups in total. The van der Waals surface area contributed by atoms with Gasteiger partial charge in [-0.3, -0.25) is 0 Å². The molecule has 3 aromatic rings. The molecule has 0 aliphatic carbocycles. The average molecular weight is 565 g/mol. The SMILES string of the molecule is C=C(Nc1c(OC)cccc1OC)c1ccc(Oc2cc(C(C)(C)C)c(Br)c(C)c2Br)o1. The normalized spacial score (nSPS) is 11.2. The van der Waals surface area contributed by atoms with E-state index < -0.39 is 0 Å². The van der Waals surface area contributed by atoms with Gasteiger partial charge in [0.15, 0.2) is 5.76 Å². The van der Waals surface area contributed by atoms with Crippen LogP contribution in [-0.4, -0.2) is 14.2 Å². The van der Waals surface area contributed by atoms with E-state index in [4.69, 9.17) is 18.6 Å². The second kappa shape index (κ2) is 9.63. The second-order valence-corrected chi connectivity index (χ2v) is 9.87. The zero-order valence-corrected chi connectivity index (χ0v) is 22.2. The van der Waals surface area contributed by atoms with E-state index in [-0.39, 0.29) is 5.41 Å². The minimum atomic E-state index is -0.0528. The summed E-state index contributed by atoms with van der Waals surface area (Å²) in [5.74, 6) is 2.85. The van der Waals surface area contributed by atoms with Gasteiger partial charge in [-0.05, 0) is 63.7 Å². The topological polar surface area (TPSA) is 52.9 Å². The molecule has 5 nitrogen and oxygen atoms in total. The van der Waals surface area contributed by atoms with Crippen LogP contribution in [0.5, 0.6) is 23.2 Å². The summed E-state index contributed by atoms with van der Waals surface area (Å²) in [6.45, 7) is 12.6. The van der Waals surface area contributed by atoms with Crippen LogP contribution in [0.2, 0.25) is 0 Å². The van der Waals surface area contributed by atoms with Crippen LogP contribution in [0.3, 0.4) is 0 Å². The highest BCUT2D eigenvalue weighted by Crippen LogP contribution is 2.43. The van der Waals surface area contributed by atoms with Gasteiger partial charge in [0.1, 0.15) is 22.9 Å². The van der Waals surface area contributed by atoms with Crippen molar-refractivity contribution in [2.24, 2.45) is 0 Å². The van der Waals surface area contributed by atoms with Crippen LogP contribution in [0.25, 0.3) is 5.70 Å². The van der Waals surface area contributed by atoms with Gasteiger partial charge < -0.3 is 23.9 Å². The molecule has 0 atom stereocenters. The number of anilines is 1. The largest absolute Gasteiger partial charge is 0.494 e. The molecule has 0 radical (unpaired) electrons. The monoisotopic (exact) mass is 563 g/mol. The Bertz CT molecular complexity index is 1120.